The summed E-state index contributed by atoms with van der Waals surface area (Å²) in [5.74, 6) is 0.237. The molecular weight excluding hydrogens is 178 g/mol. The molecule has 1 aliphatic heterocycles. The largest absolute Gasteiger partial charge is 0.327 e. The Hall–Kier alpha value is -0.610. The van der Waals surface area contributed by atoms with Crippen LogP contribution in [0.25, 0.3) is 0 Å². The SMILES string of the molecule is CC(CN1CNCC1=O)N(C)C1CC1. The van der Waals surface area contributed by atoms with Gasteiger partial charge in [-0.1, -0.05) is 0 Å². The van der Waals surface area contributed by atoms with E-state index in [-0.39, 0.29) is 5.91 Å². The lowest BCUT2D eigenvalue weighted by atomic mass is 10.2. The number of nitrogens with one attached hydrogen (secondary N) is 1. The van der Waals surface area contributed by atoms with Gasteiger partial charge in [-0.05, 0) is 26.8 Å². The minimum absolute atomic E-state index is 0.237. The predicted octanol–water partition coefficient (Wildman–Crippen LogP) is -0.142. The molecule has 2 aliphatic rings. The molecule has 1 aliphatic carbocycles. The minimum atomic E-state index is 0.237. The number of rotatable bonds is 4. The molecule has 1 heterocycles. The van der Waals surface area contributed by atoms with Crippen molar-refractivity contribution in [1.82, 2.24) is 15.1 Å². The van der Waals surface area contributed by atoms with Gasteiger partial charge in [0.2, 0.25) is 5.91 Å². The molecule has 1 saturated heterocycles. The maximum absolute atomic E-state index is 11.4. The highest BCUT2D eigenvalue weighted by atomic mass is 16.2. The number of nitrogens with zero attached hydrogens (tertiary/aromatic N) is 2. The Morgan fingerprint density at radius 2 is 2.36 bits per heavy atom. The van der Waals surface area contributed by atoms with Gasteiger partial charge in [0.25, 0.3) is 0 Å². The zero-order chi connectivity index (χ0) is 10.1. The van der Waals surface area contributed by atoms with Gasteiger partial charge < -0.3 is 4.90 Å². The van der Waals surface area contributed by atoms with Crippen molar-refractivity contribution in [3.8, 4) is 0 Å². The van der Waals surface area contributed by atoms with Crippen molar-refractivity contribution >= 4 is 5.91 Å². The van der Waals surface area contributed by atoms with Crippen LogP contribution in [0.4, 0.5) is 0 Å². The van der Waals surface area contributed by atoms with Gasteiger partial charge >= 0.3 is 0 Å². The van der Waals surface area contributed by atoms with Crippen LogP contribution in [0.1, 0.15) is 19.8 Å². The normalized spacial score (nSPS) is 24.8. The van der Waals surface area contributed by atoms with E-state index in [0.717, 1.165) is 19.3 Å². The summed E-state index contributed by atoms with van der Waals surface area (Å²) < 4.78 is 0. The standard InChI is InChI=1S/C10H19N3O/c1-8(12(2)9-3-4-9)6-13-7-11-5-10(13)14/h8-9,11H,3-7H2,1-2H3. The van der Waals surface area contributed by atoms with Gasteiger partial charge in [-0.3, -0.25) is 15.0 Å². The molecule has 1 unspecified atom stereocenters. The Balaban J connectivity index is 1.80. The molecular formula is C10H19N3O. The predicted molar refractivity (Wildman–Crippen MR) is 54.8 cm³/mol. The summed E-state index contributed by atoms with van der Waals surface area (Å²) in [7, 11) is 2.16. The van der Waals surface area contributed by atoms with Gasteiger partial charge in [-0.25, -0.2) is 0 Å². The lowest BCUT2D eigenvalue weighted by molar-refractivity contribution is -0.127. The van der Waals surface area contributed by atoms with Gasteiger partial charge in [-0.2, -0.15) is 0 Å². The lowest BCUT2D eigenvalue weighted by Gasteiger charge is -2.28. The van der Waals surface area contributed by atoms with Gasteiger partial charge in [0.15, 0.2) is 0 Å². The van der Waals surface area contributed by atoms with Crippen LogP contribution >= 0.6 is 0 Å². The summed E-state index contributed by atoms with van der Waals surface area (Å²) in [5.41, 5.74) is 0. The zero-order valence-electron chi connectivity index (χ0n) is 8.99. The molecule has 4 heteroatoms. The molecule has 1 N–H and O–H groups in total. The van der Waals surface area contributed by atoms with Crippen LogP contribution in [0.2, 0.25) is 0 Å². The Labute approximate surface area is 85.2 Å². The molecule has 0 aromatic rings. The number of amides is 1. The van der Waals surface area contributed by atoms with Crippen molar-refractivity contribution in [2.45, 2.75) is 31.8 Å². The van der Waals surface area contributed by atoms with Crippen LogP contribution in [-0.2, 0) is 4.79 Å². The second kappa shape index (κ2) is 3.87. The molecule has 14 heavy (non-hydrogen) atoms. The molecule has 0 aromatic carbocycles. The van der Waals surface area contributed by atoms with Crippen LogP contribution in [-0.4, -0.2) is 54.6 Å². The van der Waals surface area contributed by atoms with Crippen molar-refractivity contribution in [3.63, 3.8) is 0 Å². The lowest BCUT2D eigenvalue weighted by Crippen LogP contribution is -2.42. The van der Waals surface area contributed by atoms with Crippen molar-refractivity contribution in [3.05, 3.63) is 0 Å². The molecule has 1 atom stereocenters. The fourth-order valence-corrected chi connectivity index (χ4v) is 1.95. The zero-order valence-corrected chi connectivity index (χ0v) is 8.99. The first kappa shape index (κ1) is 9.93. The van der Waals surface area contributed by atoms with Gasteiger partial charge in [0.05, 0.1) is 13.2 Å². The Morgan fingerprint density at radius 3 is 2.86 bits per heavy atom. The molecule has 0 bridgehead atoms. The van der Waals surface area contributed by atoms with Crippen molar-refractivity contribution in [2.24, 2.45) is 0 Å². The number of carbonyl (C=O) groups excluding carboxylic acids is 1. The molecule has 4 nitrogen and oxygen atoms in total. The van der Waals surface area contributed by atoms with Gasteiger partial charge in [0.1, 0.15) is 0 Å². The van der Waals surface area contributed by atoms with Gasteiger partial charge in [0, 0.05) is 18.6 Å². The summed E-state index contributed by atoms with van der Waals surface area (Å²) >= 11 is 0. The number of carbonyl (C=O) groups is 1. The monoisotopic (exact) mass is 197 g/mol. The van der Waals surface area contributed by atoms with E-state index in [1.807, 2.05) is 4.90 Å². The molecule has 1 saturated carbocycles. The van der Waals surface area contributed by atoms with Crippen molar-refractivity contribution in [1.29, 1.82) is 0 Å². The third-order valence-electron chi connectivity index (χ3n) is 3.23. The molecule has 0 spiro atoms. The Bertz CT molecular complexity index is 227. The summed E-state index contributed by atoms with van der Waals surface area (Å²) in [4.78, 5) is 15.7. The molecule has 1 amide bonds. The summed E-state index contributed by atoms with van der Waals surface area (Å²) in [6.45, 7) is 4.30. The minimum Gasteiger partial charge on any atom is -0.327 e. The van der Waals surface area contributed by atoms with Crippen LogP contribution in [0.5, 0.6) is 0 Å². The van der Waals surface area contributed by atoms with Crippen LogP contribution in [0.15, 0.2) is 0 Å². The topological polar surface area (TPSA) is 35.6 Å². The first-order chi connectivity index (χ1) is 6.68. The van der Waals surface area contributed by atoms with Crippen molar-refractivity contribution < 1.29 is 4.79 Å². The highest BCUT2D eigenvalue weighted by molar-refractivity contribution is 5.80. The van der Waals surface area contributed by atoms with Crippen LogP contribution in [0.3, 0.4) is 0 Å². The quantitative estimate of drug-likeness (QED) is 0.681. The molecule has 2 fully saturated rings. The highest BCUT2D eigenvalue weighted by Gasteiger charge is 2.31. The van der Waals surface area contributed by atoms with E-state index in [2.05, 4.69) is 24.2 Å². The van der Waals surface area contributed by atoms with E-state index in [1.54, 1.807) is 0 Å². The van der Waals surface area contributed by atoms with Gasteiger partial charge in [-0.15, -0.1) is 0 Å². The number of hydrogen-bond donors (Lipinski definition) is 1. The fourth-order valence-electron chi connectivity index (χ4n) is 1.95. The second-order valence-corrected chi connectivity index (χ2v) is 4.45. The summed E-state index contributed by atoms with van der Waals surface area (Å²) in [6.07, 6.45) is 2.65. The van der Waals surface area contributed by atoms with E-state index in [4.69, 9.17) is 0 Å². The third-order valence-corrected chi connectivity index (χ3v) is 3.23. The summed E-state index contributed by atoms with van der Waals surface area (Å²) in [5, 5.41) is 3.07. The number of hydrogen-bond acceptors (Lipinski definition) is 3. The van der Waals surface area contributed by atoms with Crippen LogP contribution < -0.4 is 5.32 Å². The Kier molecular flexibility index (Phi) is 2.74. The van der Waals surface area contributed by atoms with Crippen molar-refractivity contribution in [2.75, 3.05) is 26.8 Å². The van der Waals surface area contributed by atoms with Crippen LogP contribution in [0, 0.1) is 0 Å². The average molecular weight is 197 g/mol. The maximum Gasteiger partial charge on any atom is 0.237 e. The number of likely N-dealkylation sites (N-methyl/N-ethyl adjacent to an activating group) is 1. The Morgan fingerprint density at radius 1 is 1.64 bits per heavy atom. The molecule has 0 aromatic heterocycles. The summed E-state index contributed by atoms with van der Waals surface area (Å²) in [6, 6.07) is 1.25. The highest BCUT2D eigenvalue weighted by Crippen LogP contribution is 2.27. The maximum atomic E-state index is 11.4. The smallest absolute Gasteiger partial charge is 0.237 e. The first-order valence-corrected chi connectivity index (χ1v) is 5.39. The molecule has 0 radical (unpaired) electrons. The molecule has 2 rings (SSSR count). The third kappa shape index (κ3) is 2.07. The second-order valence-electron chi connectivity index (χ2n) is 4.45. The average Bonchev–Trinajstić information content (AvgIpc) is 2.92. The van der Waals surface area contributed by atoms with E-state index in [0.29, 0.717) is 12.6 Å². The van der Waals surface area contributed by atoms with E-state index < -0.39 is 0 Å². The van der Waals surface area contributed by atoms with E-state index in [9.17, 15) is 4.79 Å². The van der Waals surface area contributed by atoms with E-state index in [1.165, 1.54) is 12.8 Å². The van der Waals surface area contributed by atoms with E-state index >= 15 is 0 Å². The fraction of sp³-hybridized carbons (Fsp3) is 0.900. The first-order valence-electron chi connectivity index (χ1n) is 5.39. The molecule has 80 valence electrons.